The molecular formula is C14H20N2O3. The fraction of sp³-hybridized carbons (Fsp3) is 0.500. The van der Waals surface area contributed by atoms with E-state index in [9.17, 15) is 9.59 Å². The summed E-state index contributed by atoms with van der Waals surface area (Å²) in [4.78, 5) is 27.1. The van der Waals surface area contributed by atoms with E-state index in [4.69, 9.17) is 5.11 Å². The first kappa shape index (κ1) is 15.1. The molecule has 1 unspecified atom stereocenters. The zero-order valence-corrected chi connectivity index (χ0v) is 11.7. The van der Waals surface area contributed by atoms with Crippen molar-refractivity contribution < 1.29 is 14.7 Å². The molecule has 1 heterocycles. The van der Waals surface area contributed by atoms with E-state index >= 15 is 0 Å². The van der Waals surface area contributed by atoms with Crippen molar-refractivity contribution in [1.29, 1.82) is 0 Å². The normalized spacial score (nSPS) is 12.8. The van der Waals surface area contributed by atoms with Gasteiger partial charge in [-0.3, -0.25) is 9.59 Å². The minimum atomic E-state index is -0.933. The molecule has 1 atom stereocenters. The average molecular weight is 264 g/mol. The third kappa shape index (κ3) is 4.69. The quantitative estimate of drug-likeness (QED) is 0.871. The third-order valence-electron chi connectivity index (χ3n) is 2.85. The number of pyridine rings is 1. The molecule has 0 saturated heterocycles. The standard InChI is InChI=1S/C14H20N2O3/c1-9-6-5-7-10(15-9)13(19)16-11(8-12(17)18)14(2,3)4/h5-7,11H,8H2,1-4H3,(H,16,19)(H,17,18). The lowest BCUT2D eigenvalue weighted by Gasteiger charge is -2.30. The number of amides is 1. The van der Waals surface area contributed by atoms with Crippen LogP contribution in [0.1, 0.15) is 43.4 Å². The Hall–Kier alpha value is -1.91. The molecular weight excluding hydrogens is 244 g/mol. The topological polar surface area (TPSA) is 79.3 Å². The monoisotopic (exact) mass is 264 g/mol. The zero-order chi connectivity index (χ0) is 14.6. The first-order valence-corrected chi connectivity index (χ1v) is 6.16. The first-order valence-electron chi connectivity index (χ1n) is 6.16. The Morgan fingerprint density at radius 1 is 1.37 bits per heavy atom. The van der Waals surface area contributed by atoms with Crippen molar-refractivity contribution in [3.8, 4) is 0 Å². The Bertz CT molecular complexity index is 478. The van der Waals surface area contributed by atoms with Gasteiger partial charge in [-0.1, -0.05) is 26.8 Å². The lowest BCUT2D eigenvalue weighted by atomic mass is 9.84. The summed E-state index contributed by atoms with van der Waals surface area (Å²) in [6.07, 6.45) is -0.110. The van der Waals surface area contributed by atoms with Crippen LogP contribution in [0.4, 0.5) is 0 Å². The lowest BCUT2D eigenvalue weighted by molar-refractivity contribution is -0.138. The predicted octanol–water partition coefficient (Wildman–Crippen LogP) is 2.01. The predicted molar refractivity (Wildman–Crippen MR) is 71.9 cm³/mol. The summed E-state index contributed by atoms with van der Waals surface area (Å²) in [5, 5.41) is 11.7. The maximum Gasteiger partial charge on any atom is 0.305 e. The van der Waals surface area contributed by atoms with Crippen LogP contribution in [0.25, 0.3) is 0 Å². The van der Waals surface area contributed by atoms with Crippen molar-refractivity contribution in [2.45, 2.75) is 40.2 Å². The molecule has 2 N–H and O–H groups in total. The number of aromatic nitrogens is 1. The zero-order valence-electron chi connectivity index (χ0n) is 11.7. The Morgan fingerprint density at radius 2 is 2.00 bits per heavy atom. The number of aryl methyl sites for hydroxylation is 1. The number of hydrogen-bond acceptors (Lipinski definition) is 3. The van der Waals surface area contributed by atoms with Crippen LogP contribution in [0.2, 0.25) is 0 Å². The van der Waals surface area contributed by atoms with Gasteiger partial charge in [0.2, 0.25) is 0 Å². The second-order valence-corrected chi connectivity index (χ2v) is 5.65. The summed E-state index contributed by atoms with van der Waals surface area (Å²) in [7, 11) is 0. The van der Waals surface area contributed by atoms with E-state index in [-0.39, 0.29) is 17.7 Å². The molecule has 0 aliphatic heterocycles. The van der Waals surface area contributed by atoms with Gasteiger partial charge in [-0.05, 0) is 24.5 Å². The number of nitrogens with zero attached hydrogens (tertiary/aromatic N) is 1. The van der Waals surface area contributed by atoms with Gasteiger partial charge in [-0.2, -0.15) is 0 Å². The van der Waals surface area contributed by atoms with Gasteiger partial charge in [0, 0.05) is 11.7 Å². The van der Waals surface area contributed by atoms with Crippen molar-refractivity contribution >= 4 is 11.9 Å². The Morgan fingerprint density at radius 3 is 2.47 bits per heavy atom. The Labute approximate surface area is 113 Å². The summed E-state index contributed by atoms with van der Waals surface area (Å²) >= 11 is 0. The van der Waals surface area contributed by atoms with Crippen LogP contribution >= 0.6 is 0 Å². The largest absolute Gasteiger partial charge is 0.481 e. The highest BCUT2D eigenvalue weighted by atomic mass is 16.4. The molecule has 0 bridgehead atoms. The van der Waals surface area contributed by atoms with E-state index in [2.05, 4.69) is 10.3 Å². The molecule has 19 heavy (non-hydrogen) atoms. The number of carbonyl (C=O) groups is 2. The third-order valence-corrected chi connectivity index (χ3v) is 2.85. The molecule has 1 aromatic heterocycles. The number of hydrogen-bond donors (Lipinski definition) is 2. The smallest absolute Gasteiger partial charge is 0.305 e. The highest BCUT2D eigenvalue weighted by Gasteiger charge is 2.29. The second-order valence-electron chi connectivity index (χ2n) is 5.65. The second kappa shape index (κ2) is 5.82. The minimum absolute atomic E-state index is 0.110. The molecule has 0 spiro atoms. The molecule has 0 radical (unpaired) electrons. The van der Waals surface area contributed by atoms with Crippen LogP contribution in [0.15, 0.2) is 18.2 Å². The highest BCUT2D eigenvalue weighted by molar-refractivity contribution is 5.92. The molecule has 1 amide bonds. The van der Waals surface area contributed by atoms with Gasteiger partial charge in [-0.15, -0.1) is 0 Å². The number of carboxylic acids is 1. The Balaban J connectivity index is 2.85. The van der Waals surface area contributed by atoms with Crippen molar-refractivity contribution in [3.63, 3.8) is 0 Å². The highest BCUT2D eigenvalue weighted by Crippen LogP contribution is 2.22. The SMILES string of the molecule is Cc1cccc(C(=O)NC(CC(=O)O)C(C)(C)C)n1. The minimum Gasteiger partial charge on any atom is -0.481 e. The van der Waals surface area contributed by atoms with Crippen LogP contribution < -0.4 is 5.32 Å². The molecule has 0 aliphatic carbocycles. The molecule has 104 valence electrons. The van der Waals surface area contributed by atoms with E-state index in [1.54, 1.807) is 25.1 Å². The molecule has 5 nitrogen and oxygen atoms in total. The fourth-order valence-corrected chi connectivity index (χ4v) is 1.65. The molecule has 5 heteroatoms. The number of rotatable bonds is 4. The van der Waals surface area contributed by atoms with Crippen LogP contribution in [-0.2, 0) is 4.79 Å². The number of nitrogens with one attached hydrogen (secondary N) is 1. The summed E-state index contributed by atoms with van der Waals surface area (Å²) in [6.45, 7) is 7.48. The maximum absolute atomic E-state index is 12.1. The van der Waals surface area contributed by atoms with E-state index in [0.717, 1.165) is 5.69 Å². The molecule has 0 saturated carbocycles. The molecule has 0 aliphatic rings. The van der Waals surface area contributed by atoms with Crippen LogP contribution in [0.5, 0.6) is 0 Å². The van der Waals surface area contributed by atoms with E-state index in [1.165, 1.54) is 0 Å². The Kier molecular flexibility index (Phi) is 4.64. The van der Waals surface area contributed by atoms with Crippen LogP contribution in [-0.4, -0.2) is 28.0 Å². The number of aliphatic carboxylic acids is 1. The van der Waals surface area contributed by atoms with Crippen molar-refractivity contribution in [3.05, 3.63) is 29.6 Å². The first-order chi connectivity index (χ1) is 8.70. The summed E-state index contributed by atoms with van der Waals surface area (Å²) < 4.78 is 0. The van der Waals surface area contributed by atoms with Crippen molar-refractivity contribution in [2.75, 3.05) is 0 Å². The summed E-state index contributed by atoms with van der Waals surface area (Å²) in [6, 6.07) is 4.72. The molecule has 1 rings (SSSR count). The fourth-order valence-electron chi connectivity index (χ4n) is 1.65. The van der Waals surface area contributed by atoms with Gasteiger partial charge < -0.3 is 10.4 Å². The summed E-state index contributed by atoms with van der Waals surface area (Å²) in [5.41, 5.74) is 0.718. The van der Waals surface area contributed by atoms with Crippen molar-refractivity contribution in [1.82, 2.24) is 10.3 Å². The van der Waals surface area contributed by atoms with Gasteiger partial charge in [0.25, 0.3) is 5.91 Å². The average Bonchev–Trinajstić information content (AvgIpc) is 2.26. The van der Waals surface area contributed by atoms with Gasteiger partial charge in [0.1, 0.15) is 5.69 Å². The summed E-state index contributed by atoms with van der Waals surface area (Å²) in [5.74, 6) is -1.28. The van der Waals surface area contributed by atoms with Gasteiger partial charge >= 0.3 is 5.97 Å². The van der Waals surface area contributed by atoms with E-state index in [1.807, 2.05) is 20.8 Å². The number of carbonyl (C=O) groups excluding carboxylic acids is 1. The van der Waals surface area contributed by atoms with Crippen molar-refractivity contribution in [2.24, 2.45) is 5.41 Å². The van der Waals surface area contributed by atoms with E-state index < -0.39 is 12.0 Å². The van der Waals surface area contributed by atoms with Gasteiger partial charge in [0.05, 0.1) is 6.42 Å². The molecule has 0 fully saturated rings. The van der Waals surface area contributed by atoms with Gasteiger partial charge in [-0.25, -0.2) is 4.98 Å². The molecule has 1 aromatic rings. The number of carboxylic acid groups (broad SMARTS) is 1. The maximum atomic E-state index is 12.1. The van der Waals surface area contributed by atoms with E-state index in [0.29, 0.717) is 5.69 Å². The molecule has 0 aromatic carbocycles. The van der Waals surface area contributed by atoms with Crippen LogP contribution in [0.3, 0.4) is 0 Å². The lowest BCUT2D eigenvalue weighted by Crippen LogP contribution is -2.45. The van der Waals surface area contributed by atoms with Crippen LogP contribution in [0, 0.1) is 12.3 Å². The van der Waals surface area contributed by atoms with Gasteiger partial charge in [0.15, 0.2) is 0 Å².